The average Bonchev–Trinajstić information content (AvgIpc) is 2.12. The fraction of sp³-hybridized carbons (Fsp3) is 0.556. The summed E-state index contributed by atoms with van der Waals surface area (Å²) in [4.78, 5) is 18.0. The molecule has 14 heavy (non-hydrogen) atoms. The Morgan fingerprint density at radius 1 is 1.71 bits per heavy atom. The molecular formula is C9H15N3OS. The van der Waals surface area contributed by atoms with Gasteiger partial charge in [-0.2, -0.15) is 0 Å². The molecule has 0 amide bonds. The molecule has 5 heteroatoms. The highest BCUT2D eigenvalue weighted by molar-refractivity contribution is 7.99. The van der Waals surface area contributed by atoms with Gasteiger partial charge >= 0.3 is 0 Å². The van der Waals surface area contributed by atoms with Crippen LogP contribution in [0.15, 0.2) is 16.0 Å². The van der Waals surface area contributed by atoms with E-state index < -0.39 is 0 Å². The Hall–Kier alpha value is -0.810. The fourth-order valence-electron chi connectivity index (χ4n) is 0.909. The van der Waals surface area contributed by atoms with Crippen molar-refractivity contribution in [3.63, 3.8) is 0 Å². The minimum atomic E-state index is -0.0969. The van der Waals surface area contributed by atoms with Crippen LogP contribution in [-0.4, -0.2) is 22.3 Å². The number of H-pyrrole nitrogens is 1. The lowest BCUT2D eigenvalue weighted by atomic mass is 10.2. The molecule has 0 bridgehead atoms. The van der Waals surface area contributed by atoms with E-state index in [9.17, 15) is 4.79 Å². The summed E-state index contributed by atoms with van der Waals surface area (Å²) in [6.45, 7) is 4.54. The van der Waals surface area contributed by atoms with Crippen molar-refractivity contribution in [1.29, 1.82) is 0 Å². The molecule has 0 aliphatic heterocycles. The van der Waals surface area contributed by atoms with Crippen LogP contribution in [0, 0.1) is 12.8 Å². The Bertz CT molecular complexity index is 350. The molecule has 0 aliphatic carbocycles. The molecule has 0 spiro atoms. The second-order valence-corrected chi connectivity index (χ2v) is 4.35. The first-order valence-electron chi connectivity index (χ1n) is 4.52. The van der Waals surface area contributed by atoms with Gasteiger partial charge in [0.1, 0.15) is 0 Å². The Kier molecular flexibility index (Phi) is 4.16. The Morgan fingerprint density at radius 3 is 3.00 bits per heavy atom. The van der Waals surface area contributed by atoms with E-state index in [1.807, 2.05) is 6.92 Å². The molecule has 1 aromatic rings. The van der Waals surface area contributed by atoms with Crippen molar-refractivity contribution in [2.75, 3.05) is 12.3 Å². The van der Waals surface area contributed by atoms with Crippen LogP contribution in [0.2, 0.25) is 0 Å². The molecule has 4 nitrogen and oxygen atoms in total. The zero-order chi connectivity index (χ0) is 10.6. The Balaban J connectivity index is 2.63. The van der Waals surface area contributed by atoms with Crippen LogP contribution in [-0.2, 0) is 0 Å². The molecule has 0 fully saturated rings. The van der Waals surface area contributed by atoms with Gasteiger partial charge in [0.25, 0.3) is 5.56 Å². The van der Waals surface area contributed by atoms with Crippen molar-refractivity contribution in [2.45, 2.75) is 19.0 Å². The van der Waals surface area contributed by atoms with E-state index >= 15 is 0 Å². The first kappa shape index (κ1) is 11.3. The van der Waals surface area contributed by atoms with Gasteiger partial charge in [0.15, 0.2) is 5.16 Å². The van der Waals surface area contributed by atoms with Crippen LogP contribution >= 0.6 is 11.8 Å². The van der Waals surface area contributed by atoms with Crippen LogP contribution < -0.4 is 11.3 Å². The van der Waals surface area contributed by atoms with E-state index in [0.29, 0.717) is 17.6 Å². The number of aromatic nitrogens is 2. The summed E-state index contributed by atoms with van der Waals surface area (Å²) >= 11 is 1.53. The third kappa shape index (κ3) is 3.51. The van der Waals surface area contributed by atoms with Crippen molar-refractivity contribution in [2.24, 2.45) is 11.7 Å². The molecule has 3 N–H and O–H groups in total. The maximum Gasteiger partial charge on any atom is 0.251 e. The number of thioether (sulfide) groups is 1. The predicted octanol–water partition coefficient (Wildman–Crippen LogP) is 0.765. The normalized spacial score (nSPS) is 12.8. The molecule has 1 atom stereocenters. The lowest BCUT2D eigenvalue weighted by molar-refractivity contribution is 0.674. The van der Waals surface area contributed by atoms with Crippen LogP contribution in [0.25, 0.3) is 0 Å². The van der Waals surface area contributed by atoms with Crippen LogP contribution in [0.4, 0.5) is 0 Å². The topological polar surface area (TPSA) is 71.8 Å². The largest absolute Gasteiger partial charge is 0.330 e. The van der Waals surface area contributed by atoms with E-state index in [-0.39, 0.29) is 5.56 Å². The molecule has 1 unspecified atom stereocenters. The Morgan fingerprint density at radius 2 is 2.43 bits per heavy atom. The summed E-state index contributed by atoms with van der Waals surface area (Å²) in [6, 6.07) is 1.48. The minimum Gasteiger partial charge on any atom is -0.330 e. The third-order valence-electron chi connectivity index (χ3n) is 1.75. The van der Waals surface area contributed by atoms with Crippen molar-refractivity contribution in [3.05, 3.63) is 22.1 Å². The highest BCUT2D eigenvalue weighted by Gasteiger charge is 2.03. The van der Waals surface area contributed by atoms with Gasteiger partial charge in [0, 0.05) is 17.5 Å². The molecule has 1 rings (SSSR count). The number of hydrogen-bond donors (Lipinski definition) is 2. The number of aryl methyl sites for hydroxylation is 1. The van der Waals surface area contributed by atoms with Gasteiger partial charge < -0.3 is 10.7 Å². The zero-order valence-electron chi connectivity index (χ0n) is 8.41. The van der Waals surface area contributed by atoms with E-state index in [2.05, 4.69) is 16.9 Å². The van der Waals surface area contributed by atoms with Gasteiger partial charge in [0.2, 0.25) is 0 Å². The van der Waals surface area contributed by atoms with E-state index in [1.165, 1.54) is 17.8 Å². The van der Waals surface area contributed by atoms with Gasteiger partial charge in [-0.25, -0.2) is 4.98 Å². The number of nitrogens with zero attached hydrogens (tertiary/aromatic N) is 1. The van der Waals surface area contributed by atoms with E-state index in [1.54, 1.807) is 0 Å². The quantitative estimate of drug-likeness (QED) is 0.572. The first-order valence-corrected chi connectivity index (χ1v) is 5.51. The summed E-state index contributed by atoms with van der Waals surface area (Å²) in [7, 11) is 0. The Labute approximate surface area is 87.3 Å². The van der Waals surface area contributed by atoms with E-state index in [4.69, 9.17) is 5.73 Å². The number of aromatic amines is 1. The standard InChI is InChI=1S/C9H15N3OS/c1-6(4-10)5-14-9-11-7(2)3-8(13)12-9/h3,6H,4-5,10H2,1-2H3,(H,11,12,13). The summed E-state index contributed by atoms with van der Waals surface area (Å²) in [5, 5.41) is 0.676. The zero-order valence-corrected chi connectivity index (χ0v) is 9.23. The molecule has 1 heterocycles. The highest BCUT2D eigenvalue weighted by atomic mass is 32.2. The molecule has 1 aromatic heterocycles. The van der Waals surface area contributed by atoms with Gasteiger partial charge in [-0.05, 0) is 19.4 Å². The van der Waals surface area contributed by atoms with Crippen molar-refractivity contribution >= 4 is 11.8 Å². The SMILES string of the molecule is Cc1cc(=O)[nH]c(SCC(C)CN)n1. The second kappa shape index (κ2) is 5.17. The van der Waals surface area contributed by atoms with Crippen molar-refractivity contribution < 1.29 is 0 Å². The van der Waals surface area contributed by atoms with Gasteiger partial charge in [0.05, 0.1) is 0 Å². The van der Waals surface area contributed by atoms with Crippen LogP contribution in [0.3, 0.4) is 0 Å². The summed E-state index contributed by atoms with van der Waals surface area (Å²) in [5.74, 6) is 1.31. The number of nitrogens with two attached hydrogens (primary N) is 1. The molecule has 0 radical (unpaired) electrons. The van der Waals surface area contributed by atoms with Crippen molar-refractivity contribution in [3.8, 4) is 0 Å². The maximum absolute atomic E-state index is 11.1. The lowest BCUT2D eigenvalue weighted by Gasteiger charge is -2.06. The first-order chi connectivity index (χ1) is 6.61. The lowest BCUT2D eigenvalue weighted by Crippen LogP contribution is -2.14. The second-order valence-electron chi connectivity index (χ2n) is 3.34. The number of nitrogens with one attached hydrogen (secondary N) is 1. The minimum absolute atomic E-state index is 0.0969. The molecule has 0 saturated carbocycles. The van der Waals surface area contributed by atoms with Gasteiger partial charge in [-0.1, -0.05) is 18.7 Å². The van der Waals surface area contributed by atoms with Crippen LogP contribution in [0.1, 0.15) is 12.6 Å². The third-order valence-corrected chi connectivity index (χ3v) is 2.96. The molecule has 0 aliphatic rings. The molecular weight excluding hydrogens is 198 g/mol. The highest BCUT2D eigenvalue weighted by Crippen LogP contribution is 2.14. The van der Waals surface area contributed by atoms with Crippen LogP contribution in [0.5, 0.6) is 0 Å². The van der Waals surface area contributed by atoms with Gasteiger partial charge in [-0.3, -0.25) is 4.79 Å². The fourth-order valence-corrected chi connectivity index (χ4v) is 1.87. The monoisotopic (exact) mass is 213 g/mol. The molecule has 78 valence electrons. The summed E-state index contributed by atoms with van der Waals surface area (Å²) in [6.07, 6.45) is 0. The van der Waals surface area contributed by atoms with Gasteiger partial charge in [-0.15, -0.1) is 0 Å². The average molecular weight is 213 g/mol. The number of rotatable bonds is 4. The summed E-state index contributed by atoms with van der Waals surface area (Å²) in [5.41, 5.74) is 6.14. The molecule has 0 saturated heterocycles. The van der Waals surface area contributed by atoms with Crippen molar-refractivity contribution in [1.82, 2.24) is 9.97 Å². The molecule has 0 aromatic carbocycles. The maximum atomic E-state index is 11.1. The van der Waals surface area contributed by atoms with E-state index in [0.717, 1.165) is 11.4 Å². The summed E-state index contributed by atoms with van der Waals surface area (Å²) < 4.78 is 0. The predicted molar refractivity (Wildman–Crippen MR) is 58.5 cm³/mol. The smallest absolute Gasteiger partial charge is 0.251 e. The number of hydrogen-bond acceptors (Lipinski definition) is 4.